The highest BCUT2D eigenvalue weighted by atomic mass is 15.0. The highest BCUT2D eigenvalue weighted by molar-refractivity contribution is 5.86. The van der Waals surface area contributed by atoms with Gasteiger partial charge in [0.2, 0.25) is 5.96 Å². The van der Waals surface area contributed by atoms with E-state index < -0.39 is 0 Å². The summed E-state index contributed by atoms with van der Waals surface area (Å²) in [7, 11) is 1.61. The van der Waals surface area contributed by atoms with Crippen molar-refractivity contribution in [1.82, 2.24) is 0 Å². The van der Waals surface area contributed by atoms with Gasteiger partial charge in [0.1, 0.15) is 0 Å². The first-order chi connectivity index (χ1) is 3.81. The summed E-state index contributed by atoms with van der Waals surface area (Å²) in [6, 6.07) is 0. The summed E-state index contributed by atoms with van der Waals surface area (Å²) in [6.07, 6.45) is 2.62. The monoisotopic (exact) mass is 113 g/mol. The quantitative estimate of drug-likeness (QED) is 0.388. The van der Waals surface area contributed by atoms with Crippen LogP contribution in [0, 0.1) is 0 Å². The van der Waals surface area contributed by atoms with Crippen LogP contribution in [0.15, 0.2) is 9.98 Å². The lowest BCUT2D eigenvalue weighted by Gasteiger charge is -1.83. The van der Waals surface area contributed by atoms with Crippen molar-refractivity contribution in [3.8, 4) is 0 Å². The molecule has 0 amide bonds. The van der Waals surface area contributed by atoms with Gasteiger partial charge in [0.15, 0.2) is 0 Å². The van der Waals surface area contributed by atoms with Crippen LogP contribution in [0.3, 0.4) is 0 Å². The fourth-order valence-electron chi connectivity index (χ4n) is 0.243. The Balaban J connectivity index is 3.53. The molecular weight excluding hydrogens is 102 g/mol. The number of guanidine groups is 1. The van der Waals surface area contributed by atoms with Gasteiger partial charge in [0.25, 0.3) is 0 Å². The number of nitrogens with zero attached hydrogens (tertiary/aromatic N) is 2. The second kappa shape index (κ2) is 4.30. The van der Waals surface area contributed by atoms with Crippen molar-refractivity contribution < 1.29 is 0 Å². The predicted octanol–water partition coefficient (Wildman–Crippen LogP) is 0.412. The zero-order chi connectivity index (χ0) is 6.41. The third kappa shape index (κ3) is 3.33. The van der Waals surface area contributed by atoms with Gasteiger partial charge in [0.05, 0.1) is 0 Å². The van der Waals surface area contributed by atoms with Crippen LogP contribution < -0.4 is 5.73 Å². The smallest absolute Gasteiger partial charge is 0.214 e. The van der Waals surface area contributed by atoms with Gasteiger partial charge in [-0.2, -0.15) is 0 Å². The molecule has 0 aliphatic heterocycles. The average molecular weight is 113 g/mol. The molecular formula is C5H11N3. The predicted molar refractivity (Wildman–Crippen MR) is 36.3 cm³/mol. The fraction of sp³-hybridized carbons (Fsp3) is 0.600. The van der Waals surface area contributed by atoms with Crippen molar-refractivity contribution in [2.45, 2.75) is 13.3 Å². The maximum absolute atomic E-state index is 5.21. The van der Waals surface area contributed by atoms with E-state index in [1.807, 2.05) is 6.92 Å². The molecule has 3 heteroatoms. The molecule has 0 fully saturated rings. The van der Waals surface area contributed by atoms with Crippen LogP contribution in [0.4, 0.5) is 0 Å². The van der Waals surface area contributed by atoms with E-state index in [-0.39, 0.29) is 0 Å². The van der Waals surface area contributed by atoms with Crippen LogP contribution >= 0.6 is 0 Å². The van der Waals surface area contributed by atoms with Crippen molar-refractivity contribution in [2.75, 3.05) is 7.05 Å². The summed E-state index contributed by atoms with van der Waals surface area (Å²) >= 11 is 0. The molecule has 0 aromatic rings. The van der Waals surface area contributed by atoms with Crippen molar-refractivity contribution in [1.29, 1.82) is 0 Å². The van der Waals surface area contributed by atoms with Gasteiger partial charge in [-0.1, -0.05) is 6.92 Å². The van der Waals surface area contributed by atoms with Crippen LogP contribution in [-0.4, -0.2) is 19.2 Å². The molecule has 0 unspecified atom stereocenters. The van der Waals surface area contributed by atoms with Crippen molar-refractivity contribution in [3.05, 3.63) is 0 Å². The number of hydrogen-bond acceptors (Lipinski definition) is 1. The summed E-state index contributed by atoms with van der Waals surface area (Å²) in [4.78, 5) is 7.39. The lowest BCUT2D eigenvalue weighted by Crippen LogP contribution is -2.07. The second-order valence-corrected chi connectivity index (χ2v) is 1.30. The Kier molecular flexibility index (Phi) is 3.84. The van der Waals surface area contributed by atoms with Gasteiger partial charge < -0.3 is 5.73 Å². The van der Waals surface area contributed by atoms with Gasteiger partial charge in [-0.25, -0.2) is 4.99 Å². The Hall–Kier alpha value is -0.860. The minimum atomic E-state index is 0.340. The molecule has 0 bridgehead atoms. The summed E-state index contributed by atoms with van der Waals surface area (Å²) in [5.74, 6) is 0.340. The number of rotatable bonds is 1. The van der Waals surface area contributed by atoms with E-state index >= 15 is 0 Å². The highest BCUT2D eigenvalue weighted by Gasteiger charge is 1.75. The first kappa shape index (κ1) is 7.14. The van der Waals surface area contributed by atoms with Gasteiger partial charge in [-0.05, 0) is 6.42 Å². The van der Waals surface area contributed by atoms with Gasteiger partial charge in [0, 0.05) is 13.3 Å². The molecule has 2 N–H and O–H groups in total. The lowest BCUT2D eigenvalue weighted by atomic mass is 10.5. The first-order valence-electron chi connectivity index (χ1n) is 2.56. The van der Waals surface area contributed by atoms with E-state index in [1.54, 1.807) is 13.3 Å². The normalized spacial score (nSPS) is 13.0. The van der Waals surface area contributed by atoms with E-state index in [1.165, 1.54) is 0 Å². The van der Waals surface area contributed by atoms with Gasteiger partial charge in [-0.15, -0.1) is 0 Å². The third-order valence-electron chi connectivity index (χ3n) is 0.635. The zero-order valence-electron chi connectivity index (χ0n) is 5.26. The fourth-order valence-corrected chi connectivity index (χ4v) is 0.243. The van der Waals surface area contributed by atoms with Gasteiger partial charge in [-0.3, -0.25) is 4.99 Å². The molecule has 0 aliphatic carbocycles. The van der Waals surface area contributed by atoms with Crippen molar-refractivity contribution in [2.24, 2.45) is 15.7 Å². The zero-order valence-corrected chi connectivity index (χ0v) is 5.26. The topological polar surface area (TPSA) is 50.7 Å². The van der Waals surface area contributed by atoms with E-state index in [0.717, 1.165) is 6.42 Å². The number of hydrogen-bond donors (Lipinski definition) is 1. The molecule has 0 saturated carbocycles. The molecule has 3 nitrogen and oxygen atoms in total. The van der Waals surface area contributed by atoms with Gasteiger partial charge >= 0.3 is 0 Å². The minimum Gasteiger partial charge on any atom is -0.368 e. The number of nitrogens with two attached hydrogens (primary N) is 1. The van der Waals surface area contributed by atoms with Crippen LogP contribution in [0.25, 0.3) is 0 Å². The molecule has 0 rings (SSSR count). The molecule has 0 spiro atoms. The molecule has 0 aromatic heterocycles. The first-order valence-corrected chi connectivity index (χ1v) is 2.56. The van der Waals surface area contributed by atoms with Crippen LogP contribution in [-0.2, 0) is 0 Å². The molecule has 46 valence electrons. The third-order valence-corrected chi connectivity index (χ3v) is 0.635. The second-order valence-electron chi connectivity index (χ2n) is 1.30. The Morgan fingerprint density at radius 1 is 1.75 bits per heavy atom. The van der Waals surface area contributed by atoms with Crippen LogP contribution in [0.2, 0.25) is 0 Å². The Morgan fingerprint density at radius 3 is 2.75 bits per heavy atom. The molecule has 0 aromatic carbocycles. The summed E-state index contributed by atoms with van der Waals surface area (Å²) in [5.41, 5.74) is 5.21. The minimum absolute atomic E-state index is 0.340. The van der Waals surface area contributed by atoms with Crippen molar-refractivity contribution in [3.63, 3.8) is 0 Å². The molecule has 0 aliphatic rings. The Morgan fingerprint density at radius 2 is 2.38 bits per heavy atom. The standard InChI is InChI=1S/C5H11N3/c1-3-4-8-5(6)7-2/h4H,3H2,1-2H3,(H2,6,7)/b8-4-. The molecule has 0 saturated heterocycles. The molecule has 0 heterocycles. The van der Waals surface area contributed by atoms with E-state index in [9.17, 15) is 0 Å². The largest absolute Gasteiger partial charge is 0.368 e. The molecule has 0 radical (unpaired) electrons. The summed E-state index contributed by atoms with van der Waals surface area (Å²) < 4.78 is 0. The number of aliphatic imine (C=N–C) groups is 2. The summed E-state index contributed by atoms with van der Waals surface area (Å²) in [6.45, 7) is 1.99. The summed E-state index contributed by atoms with van der Waals surface area (Å²) in [5, 5.41) is 0. The maximum atomic E-state index is 5.21. The highest BCUT2D eigenvalue weighted by Crippen LogP contribution is 1.69. The van der Waals surface area contributed by atoms with Crippen molar-refractivity contribution >= 4 is 12.2 Å². The maximum Gasteiger partial charge on any atom is 0.214 e. The Bertz CT molecular complexity index is 104. The Labute approximate surface area is 49.3 Å². The van der Waals surface area contributed by atoms with Crippen LogP contribution in [0.5, 0.6) is 0 Å². The molecule has 8 heavy (non-hydrogen) atoms. The van der Waals surface area contributed by atoms with E-state index in [2.05, 4.69) is 9.98 Å². The average Bonchev–Trinajstić information content (AvgIpc) is 1.83. The van der Waals surface area contributed by atoms with E-state index in [4.69, 9.17) is 5.73 Å². The van der Waals surface area contributed by atoms with E-state index in [0.29, 0.717) is 5.96 Å². The molecule has 0 atom stereocenters. The van der Waals surface area contributed by atoms with Crippen LogP contribution in [0.1, 0.15) is 13.3 Å². The lowest BCUT2D eigenvalue weighted by molar-refractivity contribution is 1.30. The SMILES string of the molecule is CC/C=N\C(N)=NC.